The van der Waals surface area contributed by atoms with E-state index in [0.29, 0.717) is 12.2 Å². The van der Waals surface area contributed by atoms with Crippen molar-refractivity contribution in [1.29, 1.82) is 0 Å². The maximum Gasteiger partial charge on any atom is 0.407 e. The Morgan fingerprint density at radius 3 is 2.48 bits per heavy atom. The zero-order valence-corrected chi connectivity index (χ0v) is 12.9. The number of anilines is 1. The molecular formula is C17H17FN2O3. The Kier molecular flexibility index (Phi) is 5.30. The molecule has 0 fully saturated rings. The lowest BCUT2D eigenvalue weighted by Gasteiger charge is -2.08. The lowest BCUT2D eigenvalue weighted by Crippen LogP contribution is -2.22. The van der Waals surface area contributed by atoms with Crippen LogP contribution >= 0.6 is 0 Å². The Labute approximate surface area is 133 Å². The molecule has 2 rings (SSSR count). The van der Waals surface area contributed by atoms with Crippen molar-refractivity contribution < 1.29 is 18.7 Å². The maximum atomic E-state index is 13.7. The fraction of sp³-hybridized carbons (Fsp3) is 0.176. The quantitative estimate of drug-likeness (QED) is 0.910. The summed E-state index contributed by atoms with van der Waals surface area (Å²) < 4.78 is 18.2. The largest absolute Gasteiger partial charge is 0.453 e. The number of alkyl carbamates (subject to hydrolysis) is 1. The van der Waals surface area contributed by atoms with Gasteiger partial charge in [0.2, 0.25) is 0 Å². The highest BCUT2D eigenvalue weighted by Gasteiger charge is 2.12. The second-order valence-corrected chi connectivity index (χ2v) is 4.98. The van der Waals surface area contributed by atoms with Crippen molar-refractivity contribution in [1.82, 2.24) is 5.32 Å². The molecule has 0 aliphatic heterocycles. The minimum Gasteiger partial charge on any atom is -0.453 e. The molecule has 2 aromatic rings. The van der Waals surface area contributed by atoms with Crippen molar-refractivity contribution in [2.24, 2.45) is 0 Å². The first kappa shape index (κ1) is 16.5. The van der Waals surface area contributed by atoms with Crippen LogP contribution in [-0.2, 0) is 11.3 Å². The van der Waals surface area contributed by atoms with E-state index in [9.17, 15) is 14.0 Å². The van der Waals surface area contributed by atoms with Crippen LogP contribution in [0.4, 0.5) is 14.9 Å². The SMILES string of the molecule is COC(=O)NCc1ccc(NC(=O)c2cc(C)ccc2F)cc1. The number of ether oxygens (including phenoxy) is 1. The number of nitrogens with one attached hydrogen (secondary N) is 2. The van der Waals surface area contributed by atoms with Crippen molar-refractivity contribution in [3.63, 3.8) is 0 Å². The summed E-state index contributed by atoms with van der Waals surface area (Å²) in [4.78, 5) is 23.1. The third-order valence-corrected chi connectivity index (χ3v) is 3.20. The number of aryl methyl sites for hydroxylation is 1. The fourth-order valence-electron chi connectivity index (χ4n) is 1.96. The van der Waals surface area contributed by atoms with Crippen LogP contribution in [0.2, 0.25) is 0 Å². The zero-order chi connectivity index (χ0) is 16.8. The average molecular weight is 316 g/mol. The molecule has 0 saturated heterocycles. The number of hydrogen-bond acceptors (Lipinski definition) is 3. The molecule has 120 valence electrons. The highest BCUT2D eigenvalue weighted by atomic mass is 19.1. The Bertz CT molecular complexity index is 714. The van der Waals surface area contributed by atoms with Crippen LogP contribution in [0, 0.1) is 12.7 Å². The predicted molar refractivity (Wildman–Crippen MR) is 84.8 cm³/mol. The van der Waals surface area contributed by atoms with Crippen LogP contribution in [-0.4, -0.2) is 19.1 Å². The van der Waals surface area contributed by atoms with Gasteiger partial charge in [-0.3, -0.25) is 4.79 Å². The topological polar surface area (TPSA) is 67.4 Å². The third kappa shape index (κ3) is 4.54. The van der Waals surface area contributed by atoms with E-state index in [1.807, 2.05) is 0 Å². The smallest absolute Gasteiger partial charge is 0.407 e. The van der Waals surface area contributed by atoms with E-state index >= 15 is 0 Å². The van der Waals surface area contributed by atoms with Gasteiger partial charge in [0.25, 0.3) is 5.91 Å². The number of rotatable bonds is 4. The standard InChI is InChI=1S/C17H17FN2O3/c1-11-3-8-15(18)14(9-11)16(21)20-13-6-4-12(5-7-13)10-19-17(22)23-2/h3-9H,10H2,1-2H3,(H,19,22)(H,20,21). The first-order chi connectivity index (χ1) is 11.0. The van der Waals surface area contributed by atoms with Crippen LogP contribution < -0.4 is 10.6 Å². The van der Waals surface area contributed by atoms with Gasteiger partial charge in [0, 0.05) is 12.2 Å². The summed E-state index contributed by atoms with van der Waals surface area (Å²) in [6.07, 6.45) is -0.516. The highest BCUT2D eigenvalue weighted by Crippen LogP contribution is 2.14. The molecule has 23 heavy (non-hydrogen) atoms. The van der Waals surface area contributed by atoms with Crippen LogP contribution in [0.1, 0.15) is 21.5 Å². The van der Waals surface area contributed by atoms with Crippen molar-refractivity contribution in [2.45, 2.75) is 13.5 Å². The second-order valence-electron chi connectivity index (χ2n) is 4.98. The molecule has 2 amide bonds. The van der Waals surface area contributed by atoms with Gasteiger partial charge >= 0.3 is 6.09 Å². The molecule has 0 spiro atoms. The highest BCUT2D eigenvalue weighted by molar-refractivity contribution is 6.04. The van der Waals surface area contributed by atoms with Gasteiger partial charge in [-0.1, -0.05) is 23.8 Å². The van der Waals surface area contributed by atoms with Gasteiger partial charge in [-0.05, 0) is 36.8 Å². The van der Waals surface area contributed by atoms with E-state index in [-0.39, 0.29) is 5.56 Å². The minimum absolute atomic E-state index is 0.00133. The van der Waals surface area contributed by atoms with Crippen molar-refractivity contribution in [2.75, 3.05) is 12.4 Å². The number of hydrogen-bond donors (Lipinski definition) is 2. The van der Waals surface area contributed by atoms with E-state index in [1.165, 1.54) is 19.2 Å². The summed E-state index contributed by atoms with van der Waals surface area (Å²) >= 11 is 0. The van der Waals surface area contributed by atoms with Crippen molar-refractivity contribution in [3.8, 4) is 0 Å². The van der Waals surface area contributed by atoms with E-state index in [0.717, 1.165) is 11.1 Å². The van der Waals surface area contributed by atoms with E-state index in [1.54, 1.807) is 37.3 Å². The van der Waals surface area contributed by atoms with Gasteiger partial charge in [-0.15, -0.1) is 0 Å². The lowest BCUT2D eigenvalue weighted by atomic mass is 10.1. The Hall–Kier alpha value is -2.89. The first-order valence-electron chi connectivity index (χ1n) is 6.98. The molecule has 0 bridgehead atoms. The van der Waals surface area contributed by atoms with Crippen molar-refractivity contribution >= 4 is 17.7 Å². The molecule has 0 unspecified atom stereocenters. The van der Waals surface area contributed by atoms with E-state index in [2.05, 4.69) is 15.4 Å². The zero-order valence-electron chi connectivity index (χ0n) is 12.9. The summed E-state index contributed by atoms with van der Waals surface area (Å²) in [6.45, 7) is 2.10. The van der Waals surface area contributed by atoms with Gasteiger partial charge < -0.3 is 15.4 Å². The molecule has 0 aliphatic rings. The molecule has 2 N–H and O–H groups in total. The normalized spacial score (nSPS) is 10.0. The number of carbonyl (C=O) groups is 2. The van der Waals surface area contributed by atoms with Gasteiger partial charge in [0.05, 0.1) is 12.7 Å². The molecule has 6 heteroatoms. The first-order valence-corrected chi connectivity index (χ1v) is 6.98. The Morgan fingerprint density at radius 1 is 1.13 bits per heavy atom. The number of benzene rings is 2. The lowest BCUT2D eigenvalue weighted by molar-refractivity contribution is 0.102. The van der Waals surface area contributed by atoms with Crippen LogP contribution in [0.3, 0.4) is 0 Å². The molecule has 0 atom stereocenters. The fourth-order valence-corrected chi connectivity index (χ4v) is 1.96. The summed E-state index contributed by atoms with van der Waals surface area (Å²) in [5, 5.41) is 5.19. The minimum atomic E-state index is -0.563. The van der Waals surface area contributed by atoms with Crippen molar-refractivity contribution in [3.05, 3.63) is 65.0 Å². The molecular weight excluding hydrogens is 299 g/mol. The van der Waals surface area contributed by atoms with E-state index < -0.39 is 17.8 Å². The van der Waals surface area contributed by atoms with Gasteiger partial charge in [0.15, 0.2) is 0 Å². The Balaban J connectivity index is 2.01. The van der Waals surface area contributed by atoms with Gasteiger partial charge in [-0.25, -0.2) is 9.18 Å². The number of carbonyl (C=O) groups excluding carboxylic acids is 2. The van der Waals surface area contributed by atoms with Gasteiger partial charge in [-0.2, -0.15) is 0 Å². The third-order valence-electron chi connectivity index (χ3n) is 3.20. The Morgan fingerprint density at radius 2 is 1.83 bits per heavy atom. The second kappa shape index (κ2) is 7.40. The summed E-state index contributed by atoms with van der Waals surface area (Å²) in [7, 11) is 1.29. The maximum absolute atomic E-state index is 13.7. The summed E-state index contributed by atoms with van der Waals surface area (Å²) in [5.74, 6) is -1.07. The molecule has 0 heterocycles. The number of amides is 2. The van der Waals surface area contributed by atoms with Gasteiger partial charge in [0.1, 0.15) is 5.82 Å². The predicted octanol–water partition coefficient (Wildman–Crippen LogP) is 3.24. The number of methoxy groups -OCH3 is 1. The molecule has 0 radical (unpaired) electrons. The average Bonchev–Trinajstić information content (AvgIpc) is 2.56. The van der Waals surface area contributed by atoms with Crippen LogP contribution in [0.5, 0.6) is 0 Å². The summed E-state index contributed by atoms with van der Waals surface area (Å²) in [5.41, 5.74) is 2.19. The van der Waals surface area contributed by atoms with Crippen LogP contribution in [0.15, 0.2) is 42.5 Å². The monoisotopic (exact) mass is 316 g/mol. The number of halogens is 1. The molecule has 2 aromatic carbocycles. The molecule has 0 aliphatic carbocycles. The van der Waals surface area contributed by atoms with Crippen LogP contribution in [0.25, 0.3) is 0 Å². The summed E-state index contributed by atoms with van der Waals surface area (Å²) in [6, 6.07) is 11.2. The molecule has 5 nitrogen and oxygen atoms in total. The molecule has 0 aromatic heterocycles. The molecule has 0 saturated carbocycles. The van der Waals surface area contributed by atoms with E-state index in [4.69, 9.17) is 0 Å².